The summed E-state index contributed by atoms with van der Waals surface area (Å²) in [7, 11) is 8.02. The van der Waals surface area contributed by atoms with Crippen molar-refractivity contribution in [3.05, 3.63) is 0 Å². The van der Waals surface area contributed by atoms with E-state index >= 15 is 0 Å². The molecule has 1 fully saturated rings. The van der Waals surface area contributed by atoms with Crippen LogP contribution in [0.1, 0.15) is 72.6 Å². The number of hydrogen-bond acceptors (Lipinski definition) is 6. The lowest BCUT2D eigenvalue weighted by Gasteiger charge is -2.11. The van der Waals surface area contributed by atoms with E-state index in [9.17, 15) is 19.2 Å². The largest absolute Gasteiger partial charge is 0.323 e. The van der Waals surface area contributed by atoms with Crippen molar-refractivity contribution in [2.45, 2.75) is 78.3 Å². The summed E-state index contributed by atoms with van der Waals surface area (Å²) in [6.45, 7) is 9.55. The number of hydrogen-bond donors (Lipinski definition) is 2. The van der Waals surface area contributed by atoms with E-state index in [0.717, 1.165) is 30.6 Å². The number of unbranched alkanes of at least 4 members (excludes halogenated alkanes) is 3. The molecule has 0 aromatic carbocycles. The van der Waals surface area contributed by atoms with Crippen molar-refractivity contribution in [3.63, 3.8) is 0 Å². The number of carbonyl (C=O) groups excluding carboxylic acids is 4. The van der Waals surface area contributed by atoms with Crippen molar-refractivity contribution in [1.82, 2.24) is 15.5 Å². The van der Waals surface area contributed by atoms with Crippen LogP contribution >= 0.6 is 9.24 Å². The van der Waals surface area contributed by atoms with Crippen LogP contribution in [0.2, 0.25) is 0 Å². The van der Waals surface area contributed by atoms with Gasteiger partial charge in [-0.1, -0.05) is 40.5 Å². The van der Waals surface area contributed by atoms with Crippen molar-refractivity contribution in [2.75, 3.05) is 34.2 Å². The molecular weight excluding hydrogens is 389 g/mol. The van der Waals surface area contributed by atoms with E-state index in [2.05, 4.69) is 33.7 Å². The molecular formula is C21H46N3O4P. The van der Waals surface area contributed by atoms with Gasteiger partial charge in [0.15, 0.2) is 0 Å². The van der Waals surface area contributed by atoms with Crippen LogP contribution in [0.4, 0.5) is 0 Å². The smallest absolute Gasteiger partial charge is 0.236 e. The van der Waals surface area contributed by atoms with E-state index in [0.29, 0.717) is 6.29 Å². The minimum absolute atomic E-state index is 0.179. The molecule has 0 aromatic rings. The second-order valence-corrected chi connectivity index (χ2v) is 6.78. The van der Waals surface area contributed by atoms with Gasteiger partial charge in [-0.2, -0.15) is 0 Å². The Morgan fingerprint density at radius 2 is 1.48 bits per heavy atom. The van der Waals surface area contributed by atoms with Crippen LogP contribution in [0.3, 0.4) is 0 Å². The third-order valence-electron chi connectivity index (χ3n) is 3.00. The Labute approximate surface area is 181 Å². The predicted molar refractivity (Wildman–Crippen MR) is 126 cm³/mol. The lowest BCUT2D eigenvalue weighted by Crippen LogP contribution is -2.31. The Morgan fingerprint density at radius 1 is 1.00 bits per heavy atom. The minimum Gasteiger partial charge on any atom is -0.323 e. The molecule has 1 rings (SSSR count). The minimum atomic E-state index is -0.288. The second kappa shape index (κ2) is 31.5. The molecule has 8 heteroatoms. The average molecular weight is 436 g/mol. The van der Waals surface area contributed by atoms with Crippen molar-refractivity contribution < 1.29 is 19.2 Å². The molecule has 2 N–H and O–H groups in total. The summed E-state index contributed by atoms with van der Waals surface area (Å²) in [5.74, 6) is -0.367. The molecule has 7 nitrogen and oxygen atoms in total. The van der Waals surface area contributed by atoms with Gasteiger partial charge in [0, 0.05) is 25.8 Å². The molecule has 174 valence electrons. The van der Waals surface area contributed by atoms with Crippen LogP contribution in [0.25, 0.3) is 0 Å². The van der Waals surface area contributed by atoms with Gasteiger partial charge >= 0.3 is 0 Å². The highest BCUT2D eigenvalue weighted by atomic mass is 31.0. The van der Waals surface area contributed by atoms with Gasteiger partial charge < -0.3 is 20.2 Å². The van der Waals surface area contributed by atoms with Crippen molar-refractivity contribution in [2.24, 2.45) is 0 Å². The van der Waals surface area contributed by atoms with Crippen molar-refractivity contribution in [3.8, 4) is 0 Å². The molecule has 0 aromatic heterocycles. The van der Waals surface area contributed by atoms with Crippen molar-refractivity contribution in [1.29, 1.82) is 0 Å². The first kappa shape index (κ1) is 35.3. The lowest BCUT2D eigenvalue weighted by molar-refractivity contribution is -0.138. The molecule has 1 heterocycles. The Balaban J connectivity index is -0.000000162. The van der Waals surface area contributed by atoms with Crippen LogP contribution in [0, 0.1) is 0 Å². The predicted octanol–water partition coefficient (Wildman–Crippen LogP) is 2.82. The molecule has 2 amide bonds. The third kappa shape index (κ3) is 26.8. The third-order valence-corrected chi connectivity index (χ3v) is 3.52. The standard InChI is InChI=1S/C7H10NO3P.C7H15NO.C3H8.C2H7N.C2H6/c9-3-1-2-8-6(10)4-5(12)7(8)11;1-8-6-4-2-3-5-7-9;2*1-3-2;1-2/h3,5H,1-2,4,12H2;7-8H,2-6H2,1H3;3H2,1-2H3;3H,1-2H3;1-2H3. The summed E-state index contributed by atoms with van der Waals surface area (Å²) in [6.07, 6.45) is 7.55. The SMILES string of the molecule is CC.CCC.CNC.CNCCCCCC=O.O=CCCN1C(=O)CC(P)C1=O. The van der Waals surface area contributed by atoms with Gasteiger partial charge in [0.25, 0.3) is 0 Å². The van der Waals surface area contributed by atoms with Gasteiger partial charge in [0.2, 0.25) is 11.8 Å². The highest BCUT2D eigenvalue weighted by Crippen LogP contribution is 2.19. The maximum absolute atomic E-state index is 11.2. The summed E-state index contributed by atoms with van der Waals surface area (Å²) in [4.78, 5) is 43.2. The van der Waals surface area contributed by atoms with Gasteiger partial charge in [0.05, 0.1) is 5.66 Å². The lowest BCUT2D eigenvalue weighted by atomic mass is 10.2. The Bertz CT molecular complexity index is 381. The van der Waals surface area contributed by atoms with Gasteiger partial charge in [-0.25, -0.2) is 0 Å². The van der Waals surface area contributed by atoms with Gasteiger partial charge in [-0.3, -0.25) is 14.5 Å². The van der Waals surface area contributed by atoms with E-state index in [1.807, 2.05) is 35.0 Å². The average Bonchev–Trinajstić information content (AvgIpc) is 2.95. The fourth-order valence-corrected chi connectivity index (χ4v) is 2.21. The number of rotatable bonds is 9. The zero-order valence-corrected chi connectivity index (χ0v) is 20.9. The molecule has 2 atom stereocenters. The first-order chi connectivity index (χ1) is 13.9. The first-order valence-electron chi connectivity index (χ1n) is 10.6. The van der Waals surface area contributed by atoms with E-state index < -0.39 is 0 Å². The number of aldehydes is 2. The van der Waals surface area contributed by atoms with E-state index in [4.69, 9.17) is 0 Å². The first-order valence-corrected chi connectivity index (χ1v) is 11.3. The summed E-state index contributed by atoms with van der Waals surface area (Å²) < 4.78 is 0. The Morgan fingerprint density at radius 3 is 1.83 bits per heavy atom. The van der Waals surface area contributed by atoms with Gasteiger partial charge in [-0.05, 0) is 40.5 Å². The molecule has 0 bridgehead atoms. The Hall–Kier alpha value is -1.17. The van der Waals surface area contributed by atoms with Crippen molar-refractivity contribution >= 4 is 33.6 Å². The normalized spacial score (nSPS) is 14.1. The van der Waals surface area contributed by atoms with Gasteiger partial charge in [0.1, 0.15) is 12.6 Å². The molecule has 1 saturated heterocycles. The topological polar surface area (TPSA) is 95.6 Å². The fourth-order valence-electron chi connectivity index (χ4n) is 1.83. The zero-order chi connectivity index (χ0) is 23.5. The fraction of sp³-hybridized carbons (Fsp3) is 0.810. The Kier molecular flexibility index (Phi) is 38.3. The molecule has 2 unspecified atom stereocenters. The maximum Gasteiger partial charge on any atom is 0.236 e. The number of nitrogens with one attached hydrogen (secondary N) is 2. The number of likely N-dealkylation sites (tertiary alicyclic amines) is 1. The van der Waals surface area contributed by atoms with Crippen LogP contribution < -0.4 is 10.6 Å². The molecule has 0 aliphatic carbocycles. The molecule has 29 heavy (non-hydrogen) atoms. The summed E-state index contributed by atoms with van der Waals surface area (Å²) in [5.41, 5.74) is -0.288. The number of carbonyl (C=O) groups is 4. The maximum atomic E-state index is 11.2. The molecule has 0 saturated carbocycles. The number of imide groups is 1. The quantitative estimate of drug-likeness (QED) is 0.250. The summed E-state index contributed by atoms with van der Waals surface area (Å²) in [5, 5.41) is 5.81. The summed E-state index contributed by atoms with van der Waals surface area (Å²) in [6, 6.07) is 0. The van der Waals surface area contributed by atoms with Gasteiger partial charge in [-0.15, -0.1) is 9.24 Å². The number of nitrogens with zero attached hydrogens (tertiary/aromatic N) is 1. The van der Waals surface area contributed by atoms with E-state index in [1.165, 1.54) is 19.3 Å². The van der Waals surface area contributed by atoms with E-state index in [-0.39, 0.29) is 36.9 Å². The zero-order valence-electron chi connectivity index (χ0n) is 19.8. The van der Waals surface area contributed by atoms with Crippen LogP contribution in [0.5, 0.6) is 0 Å². The van der Waals surface area contributed by atoms with Crippen LogP contribution in [-0.2, 0) is 19.2 Å². The monoisotopic (exact) mass is 435 g/mol. The molecule has 0 radical (unpaired) electrons. The molecule has 1 aliphatic rings. The second-order valence-electron chi connectivity index (χ2n) is 5.98. The highest BCUT2D eigenvalue weighted by molar-refractivity contribution is 7.19. The molecule has 1 aliphatic heterocycles. The summed E-state index contributed by atoms with van der Waals surface area (Å²) >= 11 is 0. The van der Waals surface area contributed by atoms with Crippen LogP contribution in [-0.4, -0.2) is 69.2 Å². The molecule has 0 spiro atoms. The highest BCUT2D eigenvalue weighted by Gasteiger charge is 2.34. The number of amides is 2. The van der Waals surface area contributed by atoms with E-state index in [1.54, 1.807) is 0 Å². The van der Waals surface area contributed by atoms with Crippen LogP contribution in [0.15, 0.2) is 0 Å².